The zero-order valence-electron chi connectivity index (χ0n) is 11.6. The molecule has 0 radical (unpaired) electrons. The predicted molar refractivity (Wildman–Crippen MR) is 77.4 cm³/mol. The maximum atomic E-state index is 12.5. The standard InChI is InChI=1S/C16H20N2O/c1-11-8-9-15(12(2)10-11)18-16(19)13-6-4-3-5-7-14(13)17-18/h8-10,13H,3-7H2,1-2H3. The third-order valence-electron chi connectivity index (χ3n) is 4.14. The van der Waals surface area contributed by atoms with Crippen molar-refractivity contribution in [3.63, 3.8) is 0 Å². The molecule has 1 aliphatic heterocycles. The molecule has 3 heteroatoms. The number of aryl methyl sites for hydroxylation is 2. The van der Waals surface area contributed by atoms with Gasteiger partial charge in [-0.05, 0) is 44.7 Å². The van der Waals surface area contributed by atoms with E-state index >= 15 is 0 Å². The topological polar surface area (TPSA) is 32.7 Å². The lowest BCUT2D eigenvalue weighted by atomic mass is 9.98. The molecule has 1 atom stereocenters. The Morgan fingerprint density at radius 1 is 1.21 bits per heavy atom. The summed E-state index contributed by atoms with van der Waals surface area (Å²) in [6, 6.07) is 6.17. The molecule has 3 rings (SSSR count). The molecule has 2 aliphatic rings. The molecule has 1 fully saturated rings. The van der Waals surface area contributed by atoms with Gasteiger partial charge < -0.3 is 0 Å². The van der Waals surface area contributed by atoms with Gasteiger partial charge in [-0.25, -0.2) is 0 Å². The van der Waals surface area contributed by atoms with Gasteiger partial charge in [0.05, 0.1) is 17.3 Å². The molecule has 3 nitrogen and oxygen atoms in total. The van der Waals surface area contributed by atoms with Crippen LogP contribution in [-0.4, -0.2) is 11.6 Å². The van der Waals surface area contributed by atoms with Gasteiger partial charge in [-0.1, -0.05) is 30.5 Å². The third kappa shape index (κ3) is 2.18. The summed E-state index contributed by atoms with van der Waals surface area (Å²) in [4.78, 5) is 12.5. The summed E-state index contributed by atoms with van der Waals surface area (Å²) in [6.07, 6.45) is 5.50. The fourth-order valence-corrected chi connectivity index (χ4v) is 3.10. The zero-order chi connectivity index (χ0) is 13.4. The number of hydrogen-bond donors (Lipinski definition) is 0. The van der Waals surface area contributed by atoms with Crippen LogP contribution >= 0.6 is 0 Å². The first-order valence-corrected chi connectivity index (χ1v) is 7.15. The molecule has 1 aromatic carbocycles. The van der Waals surface area contributed by atoms with Crippen LogP contribution in [0, 0.1) is 19.8 Å². The van der Waals surface area contributed by atoms with Crippen LogP contribution in [0.4, 0.5) is 5.69 Å². The van der Waals surface area contributed by atoms with Crippen molar-refractivity contribution in [2.24, 2.45) is 11.0 Å². The Labute approximate surface area is 114 Å². The first-order valence-electron chi connectivity index (χ1n) is 7.15. The Bertz CT molecular complexity index is 548. The highest BCUT2D eigenvalue weighted by molar-refractivity contribution is 6.15. The van der Waals surface area contributed by atoms with Gasteiger partial charge in [-0.15, -0.1) is 0 Å². The van der Waals surface area contributed by atoms with Crippen molar-refractivity contribution in [1.82, 2.24) is 0 Å². The Hall–Kier alpha value is -1.64. The Morgan fingerprint density at radius 2 is 2.05 bits per heavy atom. The Kier molecular flexibility index (Phi) is 3.13. The van der Waals surface area contributed by atoms with Crippen molar-refractivity contribution in [3.05, 3.63) is 29.3 Å². The van der Waals surface area contributed by atoms with E-state index in [-0.39, 0.29) is 11.8 Å². The van der Waals surface area contributed by atoms with Crippen molar-refractivity contribution in [3.8, 4) is 0 Å². The van der Waals surface area contributed by atoms with Crippen LogP contribution in [0.5, 0.6) is 0 Å². The van der Waals surface area contributed by atoms with E-state index in [0.29, 0.717) is 0 Å². The largest absolute Gasteiger partial charge is 0.272 e. The smallest absolute Gasteiger partial charge is 0.256 e. The van der Waals surface area contributed by atoms with Crippen LogP contribution in [0.15, 0.2) is 23.3 Å². The molecule has 1 saturated carbocycles. The molecule has 0 spiro atoms. The van der Waals surface area contributed by atoms with E-state index in [9.17, 15) is 4.79 Å². The minimum absolute atomic E-state index is 0.0446. The molecule has 1 aliphatic carbocycles. The molecule has 1 unspecified atom stereocenters. The predicted octanol–water partition coefficient (Wildman–Crippen LogP) is 3.59. The van der Waals surface area contributed by atoms with Gasteiger partial charge in [0.25, 0.3) is 5.91 Å². The average molecular weight is 256 g/mol. The fraction of sp³-hybridized carbons (Fsp3) is 0.500. The summed E-state index contributed by atoms with van der Waals surface area (Å²) in [6.45, 7) is 4.11. The van der Waals surface area contributed by atoms with Crippen molar-refractivity contribution in [2.75, 3.05) is 5.01 Å². The number of rotatable bonds is 1. The second kappa shape index (κ2) is 4.80. The van der Waals surface area contributed by atoms with Crippen LogP contribution in [0.25, 0.3) is 0 Å². The third-order valence-corrected chi connectivity index (χ3v) is 4.14. The molecular formula is C16H20N2O. The van der Waals surface area contributed by atoms with Gasteiger partial charge in [0, 0.05) is 0 Å². The highest BCUT2D eigenvalue weighted by Crippen LogP contribution is 2.32. The maximum Gasteiger partial charge on any atom is 0.256 e. The summed E-state index contributed by atoms with van der Waals surface area (Å²) < 4.78 is 0. The Balaban J connectivity index is 1.95. The van der Waals surface area contributed by atoms with Crippen LogP contribution in [0.3, 0.4) is 0 Å². The number of fused-ring (bicyclic) bond motifs is 1. The van der Waals surface area contributed by atoms with Crippen molar-refractivity contribution >= 4 is 17.3 Å². The highest BCUT2D eigenvalue weighted by atomic mass is 16.2. The number of hydrogen-bond acceptors (Lipinski definition) is 2. The van der Waals surface area contributed by atoms with Gasteiger partial charge in [-0.2, -0.15) is 10.1 Å². The quantitative estimate of drug-likeness (QED) is 0.755. The number of nitrogens with zero attached hydrogens (tertiary/aromatic N) is 2. The van der Waals surface area contributed by atoms with E-state index in [1.807, 2.05) is 19.1 Å². The van der Waals surface area contributed by atoms with E-state index in [1.165, 1.54) is 18.4 Å². The lowest BCUT2D eigenvalue weighted by Gasteiger charge is -2.16. The monoisotopic (exact) mass is 256 g/mol. The first kappa shape index (κ1) is 12.4. The van der Waals surface area contributed by atoms with Crippen LogP contribution < -0.4 is 5.01 Å². The number of amides is 1. The number of carbonyl (C=O) groups is 1. The van der Waals surface area contributed by atoms with Gasteiger partial charge in [0.15, 0.2) is 0 Å². The second-order valence-corrected chi connectivity index (χ2v) is 5.68. The minimum Gasteiger partial charge on any atom is -0.272 e. The van der Waals surface area contributed by atoms with Crippen molar-refractivity contribution in [2.45, 2.75) is 46.0 Å². The molecular weight excluding hydrogens is 236 g/mol. The van der Waals surface area contributed by atoms with E-state index < -0.39 is 0 Å². The summed E-state index contributed by atoms with van der Waals surface area (Å²) >= 11 is 0. The average Bonchev–Trinajstić information content (AvgIpc) is 2.57. The molecule has 19 heavy (non-hydrogen) atoms. The SMILES string of the molecule is Cc1ccc(N2N=C3CCCCCC3C2=O)c(C)c1. The second-order valence-electron chi connectivity index (χ2n) is 5.68. The van der Waals surface area contributed by atoms with Crippen LogP contribution in [0.2, 0.25) is 0 Å². The molecule has 1 aromatic rings. The van der Waals surface area contributed by atoms with E-state index in [0.717, 1.165) is 36.2 Å². The van der Waals surface area contributed by atoms with Gasteiger partial charge in [0.2, 0.25) is 0 Å². The maximum absolute atomic E-state index is 12.5. The van der Waals surface area contributed by atoms with Gasteiger partial charge in [0.1, 0.15) is 0 Å². The fourth-order valence-electron chi connectivity index (χ4n) is 3.10. The number of carbonyl (C=O) groups excluding carboxylic acids is 1. The van der Waals surface area contributed by atoms with Crippen molar-refractivity contribution < 1.29 is 4.79 Å². The van der Waals surface area contributed by atoms with Crippen molar-refractivity contribution in [1.29, 1.82) is 0 Å². The van der Waals surface area contributed by atoms with Gasteiger partial charge >= 0.3 is 0 Å². The summed E-state index contributed by atoms with van der Waals surface area (Å²) in [7, 11) is 0. The van der Waals surface area contributed by atoms with E-state index in [4.69, 9.17) is 0 Å². The van der Waals surface area contributed by atoms with E-state index in [2.05, 4.69) is 18.1 Å². The number of anilines is 1. The molecule has 0 N–H and O–H groups in total. The molecule has 0 saturated heterocycles. The van der Waals surface area contributed by atoms with Crippen LogP contribution in [0.1, 0.15) is 43.2 Å². The van der Waals surface area contributed by atoms with Crippen LogP contribution in [-0.2, 0) is 4.79 Å². The minimum atomic E-state index is 0.0446. The highest BCUT2D eigenvalue weighted by Gasteiger charge is 2.37. The summed E-state index contributed by atoms with van der Waals surface area (Å²) in [5, 5.41) is 6.25. The Morgan fingerprint density at radius 3 is 2.84 bits per heavy atom. The van der Waals surface area contributed by atoms with Gasteiger partial charge in [-0.3, -0.25) is 4.79 Å². The molecule has 1 amide bonds. The number of hydrazone groups is 1. The summed E-state index contributed by atoms with van der Waals surface area (Å²) in [5.74, 6) is 0.215. The lowest BCUT2D eigenvalue weighted by Crippen LogP contribution is -2.27. The van der Waals surface area contributed by atoms with E-state index in [1.54, 1.807) is 5.01 Å². The number of benzene rings is 1. The molecule has 0 bridgehead atoms. The molecule has 0 aromatic heterocycles. The molecule has 100 valence electrons. The normalized spacial score (nSPS) is 23.1. The first-order chi connectivity index (χ1) is 9.16. The summed E-state index contributed by atoms with van der Waals surface area (Å²) in [5.41, 5.74) is 4.38. The lowest BCUT2D eigenvalue weighted by molar-refractivity contribution is -0.119. The zero-order valence-corrected chi connectivity index (χ0v) is 11.6. The molecule has 1 heterocycles.